The van der Waals surface area contributed by atoms with E-state index >= 15 is 0 Å². The van der Waals surface area contributed by atoms with Gasteiger partial charge in [0.1, 0.15) is 0 Å². The molecule has 0 spiro atoms. The summed E-state index contributed by atoms with van der Waals surface area (Å²) >= 11 is 0. The molecule has 0 unspecified atom stereocenters. The van der Waals surface area contributed by atoms with E-state index in [1.165, 1.54) is 70.1 Å². The molecule has 2 aliphatic rings. The summed E-state index contributed by atoms with van der Waals surface area (Å²) in [6.07, 6.45) is 9.92. The molecule has 0 atom stereocenters. The second-order valence-electron chi connectivity index (χ2n) is 6.90. The summed E-state index contributed by atoms with van der Waals surface area (Å²) in [6.45, 7) is 4.85. The highest BCUT2D eigenvalue weighted by Gasteiger charge is 2.24. The van der Waals surface area contributed by atoms with E-state index in [-0.39, 0.29) is 0 Å². The minimum atomic E-state index is 0.786. The first-order chi connectivity index (χ1) is 10.4. The van der Waals surface area contributed by atoms with E-state index in [1.807, 2.05) is 0 Å². The Bertz CT molecular complexity index is 391. The van der Waals surface area contributed by atoms with Crippen LogP contribution in [0.3, 0.4) is 0 Å². The van der Waals surface area contributed by atoms with Gasteiger partial charge in [0.25, 0.3) is 0 Å². The summed E-state index contributed by atoms with van der Waals surface area (Å²) in [5, 5.41) is 3.51. The molecule has 2 heteroatoms. The van der Waals surface area contributed by atoms with Crippen molar-refractivity contribution in [2.75, 3.05) is 19.6 Å². The summed E-state index contributed by atoms with van der Waals surface area (Å²) in [4.78, 5) is 2.80. The zero-order valence-corrected chi connectivity index (χ0v) is 13.3. The molecule has 1 saturated heterocycles. The largest absolute Gasteiger partial charge is 0.317 e. The van der Waals surface area contributed by atoms with Crippen LogP contribution in [-0.2, 0) is 6.54 Å². The Morgan fingerprint density at radius 3 is 2.33 bits per heavy atom. The second kappa shape index (κ2) is 7.95. The Hall–Kier alpha value is -0.860. The van der Waals surface area contributed by atoms with Crippen LogP contribution in [0.5, 0.6) is 0 Å². The maximum atomic E-state index is 3.51. The number of rotatable bonds is 5. The third kappa shape index (κ3) is 4.55. The Labute approximate surface area is 129 Å². The number of nitrogens with zero attached hydrogens (tertiary/aromatic N) is 1. The predicted molar refractivity (Wildman–Crippen MR) is 89.3 cm³/mol. The maximum absolute atomic E-state index is 3.51. The van der Waals surface area contributed by atoms with Crippen molar-refractivity contribution in [3.05, 3.63) is 35.9 Å². The Morgan fingerprint density at radius 1 is 0.905 bits per heavy atom. The fourth-order valence-electron chi connectivity index (χ4n) is 4.03. The molecule has 1 heterocycles. The third-order valence-electron chi connectivity index (χ3n) is 5.27. The molecular weight excluding hydrogens is 256 g/mol. The van der Waals surface area contributed by atoms with E-state index in [4.69, 9.17) is 0 Å². The highest BCUT2D eigenvalue weighted by molar-refractivity contribution is 5.14. The molecule has 1 N–H and O–H groups in total. The molecule has 1 aliphatic carbocycles. The predicted octanol–water partition coefficient (Wildman–Crippen LogP) is 3.82. The van der Waals surface area contributed by atoms with E-state index in [0.717, 1.165) is 18.5 Å². The highest BCUT2D eigenvalue weighted by atomic mass is 15.2. The summed E-state index contributed by atoms with van der Waals surface area (Å²) in [5.74, 6) is 0.942. The highest BCUT2D eigenvalue weighted by Crippen LogP contribution is 2.27. The van der Waals surface area contributed by atoms with Gasteiger partial charge in [-0.25, -0.2) is 0 Å². The van der Waals surface area contributed by atoms with Crippen LogP contribution in [-0.4, -0.2) is 30.6 Å². The first kappa shape index (κ1) is 15.1. The summed E-state index contributed by atoms with van der Waals surface area (Å²) in [6, 6.07) is 11.8. The topological polar surface area (TPSA) is 15.3 Å². The van der Waals surface area contributed by atoms with Gasteiger partial charge in [-0.05, 0) is 50.3 Å². The molecule has 1 aromatic carbocycles. The maximum Gasteiger partial charge on any atom is 0.0236 e. The Balaban J connectivity index is 1.64. The van der Waals surface area contributed by atoms with Crippen molar-refractivity contribution in [1.29, 1.82) is 0 Å². The van der Waals surface area contributed by atoms with Gasteiger partial charge in [-0.2, -0.15) is 0 Å². The molecule has 0 aromatic heterocycles. The first-order valence-electron chi connectivity index (χ1n) is 8.90. The van der Waals surface area contributed by atoms with Crippen molar-refractivity contribution in [2.45, 2.75) is 57.5 Å². The van der Waals surface area contributed by atoms with Crippen LogP contribution < -0.4 is 5.32 Å². The standard InChI is InChI=1S/C19H30N2/c1-3-7-17(8-4-1)15-21(19-11-13-20-14-12-19)16-18-9-5-2-6-10-18/h1,3-4,7-8,18-20H,2,5-6,9-16H2. The van der Waals surface area contributed by atoms with E-state index in [9.17, 15) is 0 Å². The van der Waals surface area contributed by atoms with E-state index in [1.54, 1.807) is 0 Å². The number of hydrogen-bond acceptors (Lipinski definition) is 2. The minimum Gasteiger partial charge on any atom is -0.317 e. The quantitative estimate of drug-likeness (QED) is 0.885. The molecule has 1 saturated carbocycles. The molecule has 21 heavy (non-hydrogen) atoms. The van der Waals surface area contributed by atoms with Crippen LogP contribution in [0.4, 0.5) is 0 Å². The molecule has 1 aliphatic heterocycles. The Morgan fingerprint density at radius 2 is 1.62 bits per heavy atom. The third-order valence-corrected chi connectivity index (χ3v) is 5.27. The SMILES string of the molecule is c1ccc(CN(CC2CCCCC2)C2CCNCC2)cc1. The molecular formula is C19H30N2. The molecule has 0 radical (unpaired) electrons. The number of piperidine rings is 1. The zero-order chi connectivity index (χ0) is 14.3. The molecule has 116 valence electrons. The van der Waals surface area contributed by atoms with Crippen molar-refractivity contribution in [2.24, 2.45) is 5.92 Å². The normalized spacial score (nSPS) is 21.8. The lowest BCUT2D eigenvalue weighted by Crippen LogP contribution is -2.44. The van der Waals surface area contributed by atoms with E-state index < -0.39 is 0 Å². The van der Waals surface area contributed by atoms with Crippen LogP contribution in [0.15, 0.2) is 30.3 Å². The molecule has 2 fully saturated rings. The van der Waals surface area contributed by atoms with Gasteiger partial charge in [-0.1, -0.05) is 49.6 Å². The van der Waals surface area contributed by atoms with Crippen molar-refractivity contribution in [1.82, 2.24) is 10.2 Å². The number of nitrogens with one attached hydrogen (secondary N) is 1. The van der Waals surface area contributed by atoms with Gasteiger partial charge < -0.3 is 5.32 Å². The monoisotopic (exact) mass is 286 g/mol. The van der Waals surface area contributed by atoms with E-state index in [0.29, 0.717) is 0 Å². The summed E-state index contributed by atoms with van der Waals surface area (Å²) in [5.41, 5.74) is 1.48. The molecule has 1 aromatic rings. The van der Waals surface area contributed by atoms with Crippen LogP contribution in [0.2, 0.25) is 0 Å². The number of hydrogen-bond donors (Lipinski definition) is 1. The van der Waals surface area contributed by atoms with Crippen LogP contribution in [0.25, 0.3) is 0 Å². The number of benzene rings is 1. The van der Waals surface area contributed by atoms with Crippen LogP contribution in [0.1, 0.15) is 50.5 Å². The van der Waals surface area contributed by atoms with Crippen molar-refractivity contribution < 1.29 is 0 Å². The van der Waals surface area contributed by atoms with Crippen LogP contribution >= 0.6 is 0 Å². The smallest absolute Gasteiger partial charge is 0.0236 e. The Kier molecular flexibility index (Phi) is 5.70. The fourth-order valence-corrected chi connectivity index (χ4v) is 4.03. The average Bonchev–Trinajstić information content (AvgIpc) is 2.57. The van der Waals surface area contributed by atoms with Crippen molar-refractivity contribution >= 4 is 0 Å². The van der Waals surface area contributed by atoms with Gasteiger partial charge in [0.05, 0.1) is 0 Å². The molecule has 2 nitrogen and oxygen atoms in total. The van der Waals surface area contributed by atoms with Gasteiger partial charge in [0.15, 0.2) is 0 Å². The van der Waals surface area contributed by atoms with Gasteiger partial charge in [0, 0.05) is 19.1 Å². The average molecular weight is 286 g/mol. The summed E-state index contributed by atoms with van der Waals surface area (Å²) in [7, 11) is 0. The van der Waals surface area contributed by atoms with Crippen molar-refractivity contribution in [3.8, 4) is 0 Å². The first-order valence-corrected chi connectivity index (χ1v) is 8.90. The van der Waals surface area contributed by atoms with Crippen molar-refractivity contribution in [3.63, 3.8) is 0 Å². The van der Waals surface area contributed by atoms with E-state index in [2.05, 4.69) is 40.5 Å². The minimum absolute atomic E-state index is 0.786. The lowest BCUT2D eigenvalue weighted by Gasteiger charge is -2.38. The fraction of sp³-hybridized carbons (Fsp3) is 0.684. The van der Waals surface area contributed by atoms with Gasteiger partial charge in [-0.3, -0.25) is 4.90 Å². The second-order valence-corrected chi connectivity index (χ2v) is 6.90. The lowest BCUT2D eigenvalue weighted by molar-refractivity contribution is 0.118. The molecule has 3 rings (SSSR count). The molecule has 0 amide bonds. The lowest BCUT2D eigenvalue weighted by atomic mass is 9.88. The van der Waals surface area contributed by atoms with Gasteiger partial charge >= 0.3 is 0 Å². The summed E-state index contributed by atoms with van der Waals surface area (Å²) < 4.78 is 0. The zero-order valence-electron chi connectivity index (χ0n) is 13.3. The van der Waals surface area contributed by atoms with Gasteiger partial charge in [-0.15, -0.1) is 0 Å². The van der Waals surface area contributed by atoms with Crippen LogP contribution in [0, 0.1) is 5.92 Å². The van der Waals surface area contributed by atoms with Gasteiger partial charge in [0.2, 0.25) is 0 Å². The molecule has 0 bridgehead atoms.